The van der Waals surface area contributed by atoms with E-state index in [1.165, 1.54) is 12.1 Å². The van der Waals surface area contributed by atoms with E-state index < -0.39 is 0 Å². The number of hydrogen-bond donors (Lipinski definition) is 1. The Labute approximate surface area is 148 Å². The molecule has 2 heterocycles. The molecule has 1 unspecified atom stereocenters. The summed E-state index contributed by atoms with van der Waals surface area (Å²) in [5.74, 6) is 0.0822. The molecule has 3 aliphatic rings. The van der Waals surface area contributed by atoms with Crippen molar-refractivity contribution in [1.82, 2.24) is 4.90 Å². The monoisotopic (exact) mass is 346 g/mol. The second kappa shape index (κ2) is 6.60. The molecule has 0 bridgehead atoms. The lowest BCUT2D eigenvalue weighted by Crippen LogP contribution is -2.50. The number of piperidine rings is 1. The van der Waals surface area contributed by atoms with Crippen molar-refractivity contribution in [1.29, 1.82) is 0 Å². The summed E-state index contributed by atoms with van der Waals surface area (Å²) in [7, 11) is 0. The molecule has 1 aromatic rings. The van der Waals surface area contributed by atoms with Gasteiger partial charge in [0.15, 0.2) is 0 Å². The van der Waals surface area contributed by atoms with Gasteiger partial charge in [-0.3, -0.25) is 4.79 Å². The third-order valence-corrected chi connectivity index (χ3v) is 6.42. The first-order valence-corrected chi connectivity index (χ1v) is 9.57. The molecule has 1 aromatic carbocycles. The Morgan fingerprint density at radius 3 is 2.48 bits per heavy atom. The molecule has 1 saturated carbocycles. The first-order valence-electron chi connectivity index (χ1n) is 9.57. The van der Waals surface area contributed by atoms with E-state index in [2.05, 4.69) is 9.80 Å². The third-order valence-electron chi connectivity index (χ3n) is 6.42. The Bertz CT molecular complexity index is 627. The number of carbonyl (C=O) groups is 1. The van der Waals surface area contributed by atoms with Crippen LogP contribution in [0.2, 0.25) is 0 Å². The van der Waals surface area contributed by atoms with E-state index in [1.54, 1.807) is 0 Å². The molecule has 1 amide bonds. The van der Waals surface area contributed by atoms with Crippen LogP contribution in [0, 0.1) is 11.2 Å². The molecule has 2 saturated heterocycles. The number of benzene rings is 1. The van der Waals surface area contributed by atoms with E-state index in [0.29, 0.717) is 11.9 Å². The molecule has 4 rings (SSSR count). The Kier molecular flexibility index (Phi) is 4.44. The number of likely N-dealkylation sites (tertiary alicyclic amines) is 1. The van der Waals surface area contributed by atoms with Crippen molar-refractivity contribution in [2.45, 2.75) is 57.1 Å². The molecule has 25 heavy (non-hydrogen) atoms. The maximum atomic E-state index is 13.3. The van der Waals surface area contributed by atoms with Crippen LogP contribution in [0.5, 0.6) is 0 Å². The Morgan fingerprint density at radius 2 is 1.76 bits per heavy atom. The van der Waals surface area contributed by atoms with Crippen LogP contribution in [0.4, 0.5) is 10.1 Å². The zero-order valence-electron chi connectivity index (χ0n) is 14.7. The van der Waals surface area contributed by atoms with E-state index in [-0.39, 0.29) is 17.3 Å². The molecule has 136 valence electrons. The number of nitrogens with zero attached hydrogens (tertiary/aromatic N) is 2. The van der Waals surface area contributed by atoms with Crippen LogP contribution < -0.4 is 4.90 Å². The van der Waals surface area contributed by atoms with Gasteiger partial charge in [0, 0.05) is 31.4 Å². The van der Waals surface area contributed by atoms with Crippen molar-refractivity contribution < 1.29 is 14.3 Å². The minimum atomic E-state index is -0.275. The highest BCUT2D eigenvalue weighted by molar-refractivity contribution is 5.86. The molecule has 5 heteroatoms. The largest absolute Gasteiger partial charge is 0.393 e. The van der Waals surface area contributed by atoms with Crippen LogP contribution in [0.3, 0.4) is 0 Å². The predicted molar refractivity (Wildman–Crippen MR) is 94.9 cm³/mol. The number of rotatable bonds is 2. The summed E-state index contributed by atoms with van der Waals surface area (Å²) in [6, 6.07) is 6.91. The molecule has 1 aliphatic carbocycles. The fraction of sp³-hybridized carbons (Fsp3) is 0.650. The molecular weight excluding hydrogens is 319 g/mol. The summed E-state index contributed by atoms with van der Waals surface area (Å²) in [5.41, 5.74) is 0.732. The van der Waals surface area contributed by atoms with E-state index in [1.807, 2.05) is 12.1 Å². The van der Waals surface area contributed by atoms with Crippen LogP contribution in [-0.4, -0.2) is 47.7 Å². The summed E-state index contributed by atoms with van der Waals surface area (Å²) in [5, 5.41) is 9.72. The molecular formula is C20H27FN2O2. The standard InChI is InChI=1S/C20H27FN2O2/c21-15-2-4-16(5-3-15)22-12-1-10-20(14-22)11-13-23(19(20)25)17-6-8-18(24)9-7-17/h2-5,17-18,24H,1,6-14H2/t17-,18-,20?. The van der Waals surface area contributed by atoms with E-state index in [9.17, 15) is 14.3 Å². The highest BCUT2D eigenvalue weighted by Gasteiger charge is 2.50. The van der Waals surface area contributed by atoms with Crippen molar-refractivity contribution in [2.24, 2.45) is 5.41 Å². The quantitative estimate of drug-likeness (QED) is 0.895. The lowest BCUT2D eigenvalue weighted by Gasteiger charge is -2.41. The lowest BCUT2D eigenvalue weighted by atomic mass is 9.78. The highest BCUT2D eigenvalue weighted by atomic mass is 19.1. The highest BCUT2D eigenvalue weighted by Crippen LogP contribution is 2.43. The van der Waals surface area contributed by atoms with Crippen LogP contribution in [0.1, 0.15) is 44.9 Å². The topological polar surface area (TPSA) is 43.8 Å². The Hall–Kier alpha value is -1.62. The average Bonchev–Trinajstić information content (AvgIpc) is 2.93. The van der Waals surface area contributed by atoms with Crippen molar-refractivity contribution in [3.63, 3.8) is 0 Å². The maximum absolute atomic E-state index is 13.3. The van der Waals surface area contributed by atoms with Crippen LogP contribution in [-0.2, 0) is 4.79 Å². The summed E-state index contributed by atoms with van der Waals surface area (Å²) >= 11 is 0. The molecule has 2 aliphatic heterocycles. The van der Waals surface area contributed by atoms with Gasteiger partial charge in [-0.25, -0.2) is 4.39 Å². The van der Waals surface area contributed by atoms with Crippen molar-refractivity contribution in [3.8, 4) is 0 Å². The van der Waals surface area contributed by atoms with Gasteiger partial charge in [0.25, 0.3) is 0 Å². The van der Waals surface area contributed by atoms with Gasteiger partial charge in [-0.05, 0) is 69.2 Å². The zero-order valence-corrected chi connectivity index (χ0v) is 14.7. The van der Waals surface area contributed by atoms with Gasteiger partial charge in [0.05, 0.1) is 11.5 Å². The SMILES string of the molecule is O=C1N([C@H]2CC[C@H](O)CC2)CCC12CCCN(c1ccc(F)cc1)C2. The number of carbonyl (C=O) groups excluding carboxylic acids is 1. The first-order chi connectivity index (χ1) is 12.1. The summed E-state index contributed by atoms with van der Waals surface area (Å²) in [6.45, 7) is 2.51. The third kappa shape index (κ3) is 3.14. The molecule has 3 fully saturated rings. The lowest BCUT2D eigenvalue weighted by molar-refractivity contribution is -0.139. The van der Waals surface area contributed by atoms with Gasteiger partial charge in [0.1, 0.15) is 5.82 Å². The molecule has 1 N–H and O–H groups in total. The molecule has 0 radical (unpaired) electrons. The summed E-state index contributed by atoms with van der Waals surface area (Å²) in [6.07, 6.45) is 6.14. The van der Waals surface area contributed by atoms with Crippen LogP contribution in [0.25, 0.3) is 0 Å². The Morgan fingerprint density at radius 1 is 1.04 bits per heavy atom. The second-order valence-corrected chi connectivity index (χ2v) is 7.99. The van der Waals surface area contributed by atoms with Crippen LogP contribution >= 0.6 is 0 Å². The maximum Gasteiger partial charge on any atom is 0.230 e. The number of anilines is 1. The van der Waals surface area contributed by atoms with Crippen molar-refractivity contribution >= 4 is 11.6 Å². The summed E-state index contributed by atoms with van der Waals surface area (Å²) in [4.78, 5) is 17.6. The predicted octanol–water partition coefficient (Wildman–Crippen LogP) is 2.95. The average molecular weight is 346 g/mol. The smallest absolute Gasteiger partial charge is 0.230 e. The van der Waals surface area contributed by atoms with Gasteiger partial charge in [-0.2, -0.15) is 0 Å². The Balaban J connectivity index is 1.48. The number of halogens is 1. The minimum absolute atomic E-state index is 0.188. The minimum Gasteiger partial charge on any atom is -0.393 e. The molecule has 1 spiro atoms. The van der Waals surface area contributed by atoms with Gasteiger partial charge in [-0.1, -0.05) is 0 Å². The van der Waals surface area contributed by atoms with Crippen molar-refractivity contribution in [3.05, 3.63) is 30.1 Å². The number of amides is 1. The van der Waals surface area contributed by atoms with Gasteiger partial charge in [0.2, 0.25) is 5.91 Å². The second-order valence-electron chi connectivity index (χ2n) is 7.99. The van der Waals surface area contributed by atoms with Gasteiger partial charge < -0.3 is 14.9 Å². The zero-order chi connectivity index (χ0) is 17.4. The van der Waals surface area contributed by atoms with Crippen LogP contribution in [0.15, 0.2) is 24.3 Å². The molecule has 4 nitrogen and oxygen atoms in total. The van der Waals surface area contributed by atoms with Crippen molar-refractivity contribution in [2.75, 3.05) is 24.5 Å². The number of aliphatic hydroxyl groups is 1. The van der Waals surface area contributed by atoms with E-state index >= 15 is 0 Å². The van der Waals surface area contributed by atoms with E-state index in [4.69, 9.17) is 0 Å². The summed E-state index contributed by atoms with van der Waals surface area (Å²) < 4.78 is 13.2. The van der Waals surface area contributed by atoms with Gasteiger partial charge in [-0.15, -0.1) is 0 Å². The fourth-order valence-electron chi connectivity index (χ4n) is 4.95. The number of hydrogen-bond acceptors (Lipinski definition) is 3. The number of aliphatic hydroxyl groups excluding tert-OH is 1. The molecule has 1 atom stereocenters. The van der Waals surface area contributed by atoms with E-state index in [0.717, 1.165) is 70.3 Å². The van der Waals surface area contributed by atoms with Gasteiger partial charge >= 0.3 is 0 Å². The normalized spacial score (nSPS) is 33.3. The first kappa shape index (κ1) is 16.8. The fourth-order valence-corrected chi connectivity index (χ4v) is 4.95. The molecule has 0 aromatic heterocycles.